The number of hydrogen-bond donors (Lipinski definition) is 1. The smallest absolute Gasteiger partial charge is 0.410 e. The first-order valence-electron chi connectivity index (χ1n) is 18.0. The van der Waals surface area contributed by atoms with Gasteiger partial charge in [-0.3, -0.25) is 4.79 Å². The Morgan fingerprint density at radius 3 is 1.79 bits per heavy atom. The lowest BCUT2D eigenvalue weighted by Gasteiger charge is -2.39. The fraction of sp³-hybridized carbons (Fsp3) is 0.909. The second-order valence-electron chi connectivity index (χ2n) is 14.4. The van der Waals surface area contributed by atoms with E-state index in [0.29, 0.717) is 43.8 Å². The van der Waals surface area contributed by atoms with Crippen LogP contribution in [0.25, 0.3) is 0 Å². The van der Waals surface area contributed by atoms with Gasteiger partial charge in [0.25, 0.3) is 0 Å². The first-order chi connectivity index (χ1) is 22.1. The van der Waals surface area contributed by atoms with E-state index in [1.54, 1.807) is 25.7 Å². The van der Waals surface area contributed by atoms with Crippen LogP contribution in [-0.4, -0.2) is 120 Å². The minimum Gasteiger partial charge on any atom is -0.724 e. The number of piperidine rings is 2. The molecule has 1 N–H and O–H groups in total. The molecule has 0 unspecified atom stereocenters. The topological polar surface area (TPSA) is 149 Å². The molecule has 274 valence electrons. The van der Waals surface area contributed by atoms with Gasteiger partial charge in [-0.25, -0.2) is 18.0 Å². The van der Waals surface area contributed by atoms with Crippen molar-refractivity contribution in [3.63, 3.8) is 0 Å². The van der Waals surface area contributed by atoms with Gasteiger partial charge in [-0.15, -0.1) is 0 Å². The molecule has 4 amide bonds. The maximum absolute atomic E-state index is 12.7. The molecular weight excluding hydrogens is 626 g/mol. The zero-order valence-electron chi connectivity index (χ0n) is 30.1. The van der Waals surface area contributed by atoms with Crippen LogP contribution in [0.15, 0.2) is 0 Å². The maximum Gasteiger partial charge on any atom is 0.410 e. The molecule has 3 aliphatic heterocycles. The molecule has 0 aromatic carbocycles. The average molecular weight is 690 g/mol. The van der Waals surface area contributed by atoms with Crippen molar-refractivity contribution in [1.82, 2.24) is 20.2 Å². The molecule has 3 saturated heterocycles. The summed E-state index contributed by atoms with van der Waals surface area (Å²) in [5, 5.41) is 3.46. The number of urea groups is 1. The van der Waals surface area contributed by atoms with Crippen molar-refractivity contribution in [2.24, 2.45) is 0 Å². The molecule has 3 rings (SSSR count). The maximum atomic E-state index is 12.7. The molecule has 14 heteroatoms. The van der Waals surface area contributed by atoms with Gasteiger partial charge in [0, 0.05) is 25.7 Å². The number of nitrogens with zero attached hydrogens (tertiary/aromatic N) is 4. The highest BCUT2D eigenvalue weighted by Gasteiger charge is 2.49. The summed E-state index contributed by atoms with van der Waals surface area (Å²) in [7, 11) is -5.08. The Labute approximate surface area is 284 Å². The Balaban J connectivity index is 0.000000387. The van der Waals surface area contributed by atoms with Gasteiger partial charge in [0.1, 0.15) is 11.6 Å². The number of hydroxylamine groups is 2. The third-order valence-corrected chi connectivity index (χ3v) is 9.58. The quantitative estimate of drug-likeness (QED) is 0.133. The van der Waals surface area contributed by atoms with Crippen LogP contribution >= 0.6 is 0 Å². The molecule has 3 heterocycles. The molecule has 0 aromatic rings. The number of carbonyl (C=O) groups is 3. The Hall–Kier alpha value is -2.16. The molecule has 3 aliphatic rings. The second-order valence-corrected chi connectivity index (χ2v) is 15.4. The number of amides is 4. The van der Waals surface area contributed by atoms with Crippen LogP contribution in [0.2, 0.25) is 0 Å². The highest BCUT2D eigenvalue weighted by atomic mass is 32.3. The molecule has 13 nitrogen and oxygen atoms in total. The summed E-state index contributed by atoms with van der Waals surface area (Å²) in [6, 6.07) is -2.30. The number of nitrogens with one attached hydrogen (secondary N) is 1. The van der Waals surface area contributed by atoms with E-state index in [4.69, 9.17) is 4.74 Å². The van der Waals surface area contributed by atoms with Crippen LogP contribution in [0.4, 0.5) is 9.59 Å². The number of likely N-dealkylation sites (tertiary alicyclic amines) is 1. The normalized spacial score (nSPS) is 20.6. The summed E-state index contributed by atoms with van der Waals surface area (Å²) in [6.07, 6.45) is 12.5. The molecule has 2 atom stereocenters. The van der Waals surface area contributed by atoms with Crippen LogP contribution < -0.4 is 5.32 Å². The van der Waals surface area contributed by atoms with Gasteiger partial charge in [-0.05, 0) is 72.1 Å². The molecule has 0 aliphatic carbocycles. The summed E-state index contributed by atoms with van der Waals surface area (Å²) < 4.78 is 43.6. The molecule has 0 radical (unpaired) electrons. The van der Waals surface area contributed by atoms with Gasteiger partial charge in [0.2, 0.25) is 16.3 Å². The van der Waals surface area contributed by atoms with Crippen LogP contribution in [0.3, 0.4) is 0 Å². The fourth-order valence-electron chi connectivity index (χ4n) is 6.58. The standard InChI is InChI=1S/C17H28N4O8S.C16H36N/c1-17(2,3)28-16(24)19-8-6-11(7-9-19)18-14(22)13-5-4-12-10-20(13)15(23)21(12)29-30(25,26)27;1-5-9-13-17(14-10-6-2,15-11-7-3)16-12-8-4/h11-13H,4-10H2,1-3H3,(H,18,22)(H,25,26,27);5-16H2,1-4H3/q;+1/p-1/t12-,13+;/m1./s1. The first kappa shape index (κ1) is 41.0. The van der Waals surface area contributed by atoms with Crippen molar-refractivity contribution in [3.8, 4) is 0 Å². The lowest BCUT2D eigenvalue weighted by molar-refractivity contribution is -0.929. The minimum atomic E-state index is -5.08. The molecule has 0 spiro atoms. The summed E-state index contributed by atoms with van der Waals surface area (Å²) in [6.45, 7) is 21.4. The number of fused-ring (bicyclic) bond motifs is 2. The lowest BCUT2D eigenvalue weighted by Crippen LogP contribution is -2.54. The predicted molar refractivity (Wildman–Crippen MR) is 180 cm³/mol. The third kappa shape index (κ3) is 13.7. The summed E-state index contributed by atoms with van der Waals surface area (Å²) in [5.74, 6) is -0.343. The molecule has 0 saturated carbocycles. The van der Waals surface area contributed by atoms with E-state index < -0.39 is 34.1 Å². The van der Waals surface area contributed by atoms with Gasteiger partial charge < -0.3 is 28.9 Å². The Kier molecular flexibility index (Phi) is 16.7. The van der Waals surface area contributed by atoms with Crippen LogP contribution in [0, 0.1) is 0 Å². The number of quaternary nitrogens is 1. The van der Waals surface area contributed by atoms with E-state index in [1.165, 1.54) is 86.9 Å². The molecule has 2 bridgehead atoms. The summed E-state index contributed by atoms with van der Waals surface area (Å²) in [4.78, 5) is 40.1. The van der Waals surface area contributed by atoms with Crippen molar-refractivity contribution in [2.45, 2.75) is 149 Å². The van der Waals surface area contributed by atoms with Gasteiger partial charge >= 0.3 is 12.1 Å². The van der Waals surface area contributed by atoms with E-state index >= 15 is 0 Å². The Morgan fingerprint density at radius 1 is 0.872 bits per heavy atom. The highest BCUT2D eigenvalue weighted by molar-refractivity contribution is 7.80. The van der Waals surface area contributed by atoms with Gasteiger partial charge in [0.05, 0.1) is 32.2 Å². The zero-order valence-corrected chi connectivity index (χ0v) is 30.9. The van der Waals surface area contributed by atoms with Gasteiger partial charge in [-0.2, -0.15) is 9.35 Å². The molecular formula is C33H63N5O8S. The Morgan fingerprint density at radius 2 is 1.36 bits per heavy atom. The van der Waals surface area contributed by atoms with E-state index in [1.807, 2.05) is 0 Å². The molecule has 3 fully saturated rings. The van der Waals surface area contributed by atoms with Crippen LogP contribution in [0.1, 0.15) is 126 Å². The summed E-state index contributed by atoms with van der Waals surface area (Å²) in [5.41, 5.74) is -0.577. The zero-order chi connectivity index (χ0) is 35.3. The molecule has 0 aromatic heterocycles. The van der Waals surface area contributed by atoms with Gasteiger partial charge in [-0.1, -0.05) is 53.4 Å². The lowest BCUT2D eigenvalue weighted by atomic mass is 9.99. The number of ether oxygens (including phenoxy) is 1. The Bertz CT molecular complexity index is 1050. The van der Waals surface area contributed by atoms with Crippen LogP contribution in [-0.2, 0) is 24.2 Å². The fourth-order valence-corrected chi connectivity index (χ4v) is 6.96. The predicted octanol–water partition coefficient (Wildman–Crippen LogP) is 5.17. The van der Waals surface area contributed by atoms with E-state index in [0.717, 1.165) is 0 Å². The van der Waals surface area contributed by atoms with Crippen molar-refractivity contribution < 1.29 is 40.9 Å². The minimum absolute atomic E-state index is 0.115. The van der Waals surface area contributed by atoms with E-state index in [2.05, 4.69) is 37.3 Å². The third-order valence-electron chi connectivity index (χ3n) is 9.23. The largest absolute Gasteiger partial charge is 0.724 e. The SMILES string of the molecule is CC(C)(C)OC(=O)N1CCC(NC(=O)[C@@H]2CC[C@@H]3CN2C(=O)N3OS(=O)(=O)[O-])CC1.CCCC[N+](CCCC)(CCCC)CCCC. The van der Waals surface area contributed by atoms with Crippen molar-refractivity contribution in [2.75, 3.05) is 45.8 Å². The van der Waals surface area contributed by atoms with Crippen LogP contribution in [0.5, 0.6) is 0 Å². The van der Waals surface area contributed by atoms with E-state index in [-0.39, 0.29) is 24.6 Å². The monoisotopic (exact) mass is 689 g/mol. The van der Waals surface area contributed by atoms with Crippen molar-refractivity contribution in [3.05, 3.63) is 0 Å². The number of carbonyl (C=O) groups excluding carboxylic acids is 3. The number of hydrogen-bond acceptors (Lipinski definition) is 8. The summed E-state index contributed by atoms with van der Waals surface area (Å²) >= 11 is 0. The number of rotatable bonds is 16. The number of unbranched alkanes of at least 4 members (excludes halogenated alkanes) is 4. The highest BCUT2D eigenvalue weighted by Crippen LogP contribution is 2.31. The van der Waals surface area contributed by atoms with E-state index in [9.17, 15) is 27.4 Å². The van der Waals surface area contributed by atoms with Crippen molar-refractivity contribution >= 4 is 28.4 Å². The van der Waals surface area contributed by atoms with Gasteiger partial charge in [0.15, 0.2) is 0 Å². The first-order valence-corrected chi connectivity index (χ1v) is 19.3. The van der Waals surface area contributed by atoms with Crippen molar-refractivity contribution in [1.29, 1.82) is 0 Å². The average Bonchev–Trinajstić information content (AvgIpc) is 3.23. The molecule has 47 heavy (non-hydrogen) atoms. The second kappa shape index (κ2) is 19.1.